The van der Waals surface area contributed by atoms with E-state index in [4.69, 9.17) is 16.3 Å². The molecule has 0 aliphatic heterocycles. The van der Waals surface area contributed by atoms with E-state index >= 15 is 0 Å². The number of rotatable bonds is 5. The van der Waals surface area contributed by atoms with Gasteiger partial charge in [0.25, 0.3) is 0 Å². The average molecular weight is 291 g/mol. The highest BCUT2D eigenvalue weighted by Crippen LogP contribution is 2.26. The van der Waals surface area contributed by atoms with Crippen LogP contribution in [0.2, 0.25) is 5.15 Å². The van der Waals surface area contributed by atoms with Crippen LogP contribution in [0.5, 0.6) is 5.75 Å². The summed E-state index contributed by atoms with van der Waals surface area (Å²) in [4.78, 5) is 19.4. The third-order valence-electron chi connectivity index (χ3n) is 2.73. The molecule has 0 bridgehead atoms. The fraction of sp³-hybridized carbons (Fsp3) is 0.267. The molecule has 5 heteroatoms. The van der Waals surface area contributed by atoms with E-state index in [0.717, 1.165) is 17.7 Å². The molecule has 0 spiro atoms. The summed E-state index contributed by atoms with van der Waals surface area (Å²) in [6.07, 6.45) is 1.64. The predicted octanol–water partition coefficient (Wildman–Crippen LogP) is 3.71. The second-order valence-corrected chi connectivity index (χ2v) is 4.67. The number of hydrogen-bond donors (Lipinski definition) is 0. The van der Waals surface area contributed by atoms with E-state index in [9.17, 15) is 4.79 Å². The van der Waals surface area contributed by atoms with Crippen LogP contribution in [0, 0.1) is 6.92 Å². The summed E-state index contributed by atoms with van der Waals surface area (Å²) in [5.41, 5.74) is 1.65. The molecule has 20 heavy (non-hydrogen) atoms. The SMILES string of the molecule is CCCOc1ccc(-c2nc(C)nc(Cl)c2C=O)cc1. The van der Waals surface area contributed by atoms with Gasteiger partial charge in [-0.05, 0) is 37.6 Å². The quantitative estimate of drug-likeness (QED) is 0.622. The molecule has 2 rings (SSSR count). The first-order chi connectivity index (χ1) is 9.65. The lowest BCUT2D eigenvalue weighted by Crippen LogP contribution is -1.99. The molecule has 1 aromatic carbocycles. The van der Waals surface area contributed by atoms with Gasteiger partial charge in [0.15, 0.2) is 6.29 Å². The van der Waals surface area contributed by atoms with Crippen LogP contribution in [0.1, 0.15) is 29.5 Å². The third kappa shape index (κ3) is 3.14. The Kier molecular flexibility index (Phi) is 4.69. The second kappa shape index (κ2) is 6.48. The molecule has 0 N–H and O–H groups in total. The minimum atomic E-state index is 0.175. The Balaban J connectivity index is 2.38. The first kappa shape index (κ1) is 14.5. The smallest absolute Gasteiger partial charge is 0.155 e. The monoisotopic (exact) mass is 290 g/mol. The molecular formula is C15H15ClN2O2. The first-order valence-electron chi connectivity index (χ1n) is 6.38. The zero-order chi connectivity index (χ0) is 14.5. The van der Waals surface area contributed by atoms with Crippen molar-refractivity contribution in [1.29, 1.82) is 0 Å². The molecule has 4 nitrogen and oxygen atoms in total. The Labute approximate surface area is 122 Å². The number of aromatic nitrogens is 2. The zero-order valence-electron chi connectivity index (χ0n) is 11.4. The summed E-state index contributed by atoms with van der Waals surface area (Å²) in [6.45, 7) is 4.47. The van der Waals surface area contributed by atoms with Crippen molar-refractivity contribution in [1.82, 2.24) is 9.97 Å². The van der Waals surface area contributed by atoms with E-state index in [1.54, 1.807) is 6.92 Å². The van der Waals surface area contributed by atoms with Gasteiger partial charge in [0.05, 0.1) is 17.9 Å². The predicted molar refractivity (Wildman–Crippen MR) is 78.4 cm³/mol. The Bertz CT molecular complexity index is 612. The minimum absolute atomic E-state index is 0.175. The van der Waals surface area contributed by atoms with Crippen molar-refractivity contribution >= 4 is 17.9 Å². The largest absolute Gasteiger partial charge is 0.494 e. The van der Waals surface area contributed by atoms with Crippen molar-refractivity contribution in [2.45, 2.75) is 20.3 Å². The molecule has 0 aliphatic carbocycles. The fourth-order valence-corrected chi connectivity index (χ4v) is 2.06. The average Bonchev–Trinajstić information content (AvgIpc) is 2.45. The van der Waals surface area contributed by atoms with Gasteiger partial charge < -0.3 is 4.74 Å². The summed E-state index contributed by atoms with van der Waals surface area (Å²) < 4.78 is 5.52. The molecule has 2 aromatic rings. The molecule has 0 radical (unpaired) electrons. The van der Waals surface area contributed by atoms with Crippen molar-refractivity contribution < 1.29 is 9.53 Å². The standard InChI is InChI=1S/C15H15ClN2O2/c1-3-8-20-12-6-4-11(5-7-12)14-13(9-19)15(16)18-10(2)17-14/h4-7,9H,3,8H2,1-2H3. The lowest BCUT2D eigenvalue weighted by atomic mass is 10.1. The zero-order valence-corrected chi connectivity index (χ0v) is 12.1. The van der Waals surface area contributed by atoms with Gasteiger partial charge in [-0.3, -0.25) is 4.79 Å². The van der Waals surface area contributed by atoms with E-state index in [-0.39, 0.29) is 5.15 Å². The van der Waals surface area contributed by atoms with Crippen LogP contribution in [-0.2, 0) is 0 Å². The van der Waals surface area contributed by atoms with E-state index < -0.39 is 0 Å². The maximum Gasteiger partial charge on any atom is 0.155 e. The molecule has 104 valence electrons. The Morgan fingerprint density at radius 3 is 2.55 bits per heavy atom. The number of benzene rings is 1. The highest BCUT2D eigenvalue weighted by molar-refractivity contribution is 6.32. The number of carbonyl (C=O) groups excluding carboxylic acids is 1. The van der Waals surface area contributed by atoms with Crippen LogP contribution >= 0.6 is 11.6 Å². The molecule has 1 aromatic heterocycles. The summed E-state index contributed by atoms with van der Waals surface area (Å²) in [6, 6.07) is 7.42. The van der Waals surface area contributed by atoms with Gasteiger partial charge in [-0.25, -0.2) is 9.97 Å². The van der Waals surface area contributed by atoms with E-state index in [2.05, 4.69) is 16.9 Å². The lowest BCUT2D eigenvalue weighted by molar-refractivity contribution is 0.112. The summed E-state index contributed by atoms with van der Waals surface area (Å²) in [7, 11) is 0. The van der Waals surface area contributed by atoms with Crippen LogP contribution in [0.25, 0.3) is 11.3 Å². The first-order valence-corrected chi connectivity index (χ1v) is 6.76. The van der Waals surface area contributed by atoms with Gasteiger partial charge in [-0.2, -0.15) is 0 Å². The van der Waals surface area contributed by atoms with E-state index in [1.165, 1.54) is 0 Å². The molecule has 0 saturated heterocycles. The Morgan fingerprint density at radius 1 is 1.25 bits per heavy atom. The van der Waals surface area contributed by atoms with Crippen LogP contribution in [0.15, 0.2) is 24.3 Å². The van der Waals surface area contributed by atoms with Crippen LogP contribution in [0.4, 0.5) is 0 Å². The number of hydrogen-bond acceptors (Lipinski definition) is 4. The van der Waals surface area contributed by atoms with E-state index in [1.807, 2.05) is 24.3 Å². The molecule has 0 saturated carbocycles. The normalized spacial score (nSPS) is 10.3. The molecule has 1 heterocycles. The maximum absolute atomic E-state index is 11.2. The van der Waals surface area contributed by atoms with Gasteiger partial charge in [-0.1, -0.05) is 18.5 Å². The molecule has 0 amide bonds. The third-order valence-corrected chi connectivity index (χ3v) is 3.02. The van der Waals surface area contributed by atoms with Gasteiger partial charge >= 0.3 is 0 Å². The summed E-state index contributed by atoms with van der Waals surface area (Å²) >= 11 is 5.98. The lowest BCUT2D eigenvalue weighted by Gasteiger charge is -2.08. The van der Waals surface area contributed by atoms with E-state index in [0.29, 0.717) is 30.0 Å². The number of aryl methyl sites for hydroxylation is 1. The van der Waals surface area contributed by atoms with Crippen LogP contribution in [0.3, 0.4) is 0 Å². The summed E-state index contributed by atoms with van der Waals surface area (Å²) in [5.74, 6) is 1.32. The van der Waals surface area contributed by atoms with Crippen molar-refractivity contribution in [2.24, 2.45) is 0 Å². The van der Waals surface area contributed by atoms with Gasteiger partial charge in [0, 0.05) is 5.56 Å². The number of aldehydes is 1. The number of nitrogens with zero attached hydrogens (tertiary/aromatic N) is 2. The number of carbonyl (C=O) groups is 1. The summed E-state index contributed by atoms with van der Waals surface area (Å²) in [5, 5.41) is 0.175. The van der Waals surface area contributed by atoms with Crippen LogP contribution in [-0.4, -0.2) is 22.9 Å². The van der Waals surface area contributed by atoms with Gasteiger partial charge in [0.1, 0.15) is 16.7 Å². The highest BCUT2D eigenvalue weighted by Gasteiger charge is 2.12. The highest BCUT2D eigenvalue weighted by atomic mass is 35.5. The Hall–Kier alpha value is -1.94. The van der Waals surface area contributed by atoms with Crippen molar-refractivity contribution in [3.8, 4) is 17.0 Å². The molecule has 0 fully saturated rings. The number of ether oxygens (including phenoxy) is 1. The maximum atomic E-state index is 11.2. The van der Waals surface area contributed by atoms with Crippen LogP contribution < -0.4 is 4.74 Å². The van der Waals surface area contributed by atoms with Crippen molar-refractivity contribution in [3.63, 3.8) is 0 Å². The molecule has 0 atom stereocenters. The molecule has 0 unspecified atom stereocenters. The van der Waals surface area contributed by atoms with Gasteiger partial charge in [0.2, 0.25) is 0 Å². The fourth-order valence-electron chi connectivity index (χ4n) is 1.80. The molecular weight excluding hydrogens is 276 g/mol. The van der Waals surface area contributed by atoms with Gasteiger partial charge in [-0.15, -0.1) is 0 Å². The second-order valence-electron chi connectivity index (χ2n) is 4.31. The van der Waals surface area contributed by atoms with Crippen molar-refractivity contribution in [3.05, 3.63) is 40.8 Å². The van der Waals surface area contributed by atoms with Crippen molar-refractivity contribution in [2.75, 3.05) is 6.61 Å². The topological polar surface area (TPSA) is 52.1 Å². The Morgan fingerprint density at radius 2 is 1.95 bits per heavy atom. The molecule has 0 aliphatic rings. The number of halogens is 1. The minimum Gasteiger partial charge on any atom is -0.494 e.